The van der Waals surface area contributed by atoms with Gasteiger partial charge in [0, 0.05) is 36.0 Å². The van der Waals surface area contributed by atoms with Crippen LogP contribution in [0.1, 0.15) is 16.1 Å². The maximum atomic E-state index is 4.31. The van der Waals surface area contributed by atoms with Gasteiger partial charge >= 0.3 is 0 Å². The normalized spacial score (nSPS) is 11.2. The number of hydrogen-bond donors (Lipinski definition) is 0. The zero-order valence-corrected chi connectivity index (χ0v) is 13.8. The number of hydrogen-bond acceptors (Lipinski definition) is 4. The third-order valence-electron chi connectivity index (χ3n) is 3.76. The van der Waals surface area contributed by atoms with Crippen LogP contribution in [0, 0.1) is 6.92 Å². The molecule has 2 aromatic heterocycles. The summed E-state index contributed by atoms with van der Waals surface area (Å²) in [6.45, 7) is 4.09. The van der Waals surface area contributed by atoms with E-state index in [9.17, 15) is 0 Å². The molecule has 22 heavy (non-hydrogen) atoms. The fraction of sp³-hybridized carbons (Fsp3) is 0.294. The number of benzene rings is 1. The van der Waals surface area contributed by atoms with Crippen LogP contribution in [0.5, 0.6) is 0 Å². The zero-order chi connectivity index (χ0) is 15.4. The van der Waals surface area contributed by atoms with Crippen molar-refractivity contribution in [3.63, 3.8) is 0 Å². The van der Waals surface area contributed by atoms with Crippen molar-refractivity contribution in [2.24, 2.45) is 0 Å². The van der Waals surface area contributed by atoms with Crippen molar-refractivity contribution in [2.75, 3.05) is 13.6 Å². The Kier molecular flexibility index (Phi) is 4.65. The summed E-state index contributed by atoms with van der Waals surface area (Å²) < 4.78 is 2.01. The van der Waals surface area contributed by atoms with E-state index >= 15 is 0 Å². The van der Waals surface area contributed by atoms with Gasteiger partial charge < -0.3 is 9.47 Å². The Bertz CT molecular complexity index is 701. The van der Waals surface area contributed by atoms with Crippen LogP contribution >= 0.6 is 11.3 Å². The molecule has 4 nitrogen and oxygen atoms in total. The molecule has 5 heteroatoms. The van der Waals surface area contributed by atoms with Crippen LogP contribution in [-0.4, -0.2) is 33.0 Å². The monoisotopic (exact) mass is 312 g/mol. The van der Waals surface area contributed by atoms with E-state index in [-0.39, 0.29) is 0 Å². The minimum absolute atomic E-state index is 0.960. The molecule has 0 aliphatic heterocycles. The average Bonchev–Trinajstić information content (AvgIpc) is 3.18. The largest absolute Gasteiger partial charge is 0.306 e. The lowest BCUT2D eigenvalue weighted by Gasteiger charge is -2.16. The number of aryl methyl sites for hydroxylation is 1. The Balaban J connectivity index is 1.55. The van der Waals surface area contributed by atoms with Gasteiger partial charge in [0.1, 0.15) is 0 Å². The van der Waals surface area contributed by atoms with Crippen LogP contribution in [0.3, 0.4) is 0 Å². The summed E-state index contributed by atoms with van der Waals surface area (Å²) in [5, 5.41) is 0. The first-order chi connectivity index (χ1) is 10.7. The molecule has 0 bridgehead atoms. The third kappa shape index (κ3) is 3.61. The fourth-order valence-electron chi connectivity index (χ4n) is 2.43. The lowest BCUT2D eigenvalue weighted by atomic mass is 10.2. The quantitative estimate of drug-likeness (QED) is 0.700. The topological polar surface area (TPSA) is 34.0 Å². The van der Waals surface area contributed by atoms with Gasteiger partial charge in [-0.15, -0.1) is 11.3 Å². The fourth-order valence-corrected chi connectivity index (χ4v) is 3.21. The summed E-state index contributed by atoms with van der Waals surface area (Å²) in [4.78, 5) is 12.1. The van der Waals surface area contributed by atoms with Crippen molar-refractivity contribution in [1.82, 2.24) is 19.4 Å². The molecule has 2 heterocycles. The second-order valence-corrected chi connectivity index (χ2v) is 6.42. The van der Waals surface area contributed by atoms with Crippen LogP contribution in [0.2, 0.25) is 0 Å². The smallest absolute Gasteiger partial charge is 0.0991 e. The highest BCUT2D eigenvalue weighted by Crippen LogP contribution is 2.14. The lowest BCUT2D eigenvalue weighted by molar-refractivity contribution is 0.332. The number of aromatic nitrogens is 3. The Morgan fingerprint density at radius 1 is 1.23 bits per heavy atom. The van der Waals surface area contributed by atoms with Crippen LogP contribution < -0.4 is 0 Å². The molecule has 3 aromatic rings. The maximum Gasteiger partial charge on any atom is 0.0991 e. The first kappa shape index (κ1) is 14.9. The van der Waals surface area contributed by atoms with E-state index in [1.165, 1.54) is 16.1 Å². The molecule has 0 radical (unpaired) electrons. The highest BCUT2D eigenvalue weighted by Gasteiger charge is 2.05. The van der Waals surface area contributed by atoms with Gasteiger partial charge in [-0.3, -0.25) is 0 Å². The van der Waals surface area contributed by atoms with Gasteiger partial charge in [0.15, 0.2) is 0 Å². The van der Waals surface area contributed by atoms with E-state index < -0.39 is 0 Å². The molecule has 0 saturated carbocycles. The summed E-state index contributed by atoms with van der Waals surface area (Å²) in [6, 6.07) is 8.64. The second-order valence-electron chi connectivity index (χ2n) is 5.49. The minimum atomic E-state index is 0.960. The molecule has 114 valence electrons. The van der Waals surface area contributed by atoms with Crippen LogP contribution in [0.15, 0.2) is 48.5 Å². The predicted octanol–water partition coefficient (Wildman–Crippen LogP) is 3.31. The van der Waals surface area contributed by atoms with Crippen LogP contribution in [-0.2, 0) is 13.0 Å². The van der Waals surface area contributed by atoms with Gasteiger partial charge in [-0.25, -0.2) is 9.97 Å². The van der Waals surface area contributed by atoms with E-state index in [1.54, 1.807) is 17.5 Å². The van der Waals surface area contributed by atoms with E-state index in [4.69, 9.17) is 0 Å². The lowest BCUT2D eigenvalue weighted by Crippen LogP contribution is -2.20. The molecular formula is C17H20N4S. The molecule has 0 aliphatic rings. The van der Waals surface area contributed by atoms with Gasteiger partial charge in [-0.1, -0.05) is 12.1 Å². The Labute approximate surface area is 135 Å². The molecule has 0 atom stereocenters. The van der Waals surface area contributed by atoms with E-state index in [0.717, 1.165) is 25.2 Å². The second kappa shape index (κ2) is 6.85. The summed E-state index contributed by atoms with van der Waals surface area (Å²) in [5.41, 5.74) is 5.57. The number of thiazole rings is 1. The summed E-state index contributed by atoms with van der Waals surface area (Å²) in [7, 11) is 2.17. The average molecular weight is 312 g/mol. The van der Waals surface area contributed by atoms with Crippen molar-refractivity contribution >= 4 is 11.3 Å². The molecule has 0 saturated heterocycles. The van der Waals surface area contributed by atoms with Crippen molar-refractivity contribution in [3.05, 3.63) is 64.6 Å². The maximum absolute atomic E-state index is 4.31. The number of imidazole rings is 1. The van der Waals surface area contributed by atoms with Crippen LogP contribution in [0.4, 0.5) is 0 Å². The van der Waals surface area contributed by atoms with Crippen molar-refractivity contribution < 1.29 is 0 Å². The van der Waals surface area contributed by atoms with Crippen LogP contribution in [0.25, 0.3) is 5.69 Å². The molecule has 0 fully saturated rings. The predicted molar refractivity (Wildman–Crippen MR) is 90.5 cm³/mol. The minimum Gasteiger partial charge on any atom is -0.306 e. The van der Waals surface area contributed by atoms with Crippen molar-refractivity contribution in [1.29, 1.82) is 0 Å². The van der Waals surface area contributed by atoms with Gasteiger partial charge in [-0.05, 0) is 38.1 Å². The van der Waals surface area contributed by atoms with E-state index in [0.29, 0.717) is 0 Å². The first-order valence-electron chi connectivity index (χ1n) is 7.37. The van der Waals surface area contributed by atoms with Gasteiger partial charge in [0.05, 0.1) is 17.5 Å². The SMILES string of the molecule is Cc1ncsc1CCN(C)Cc1ccc(-n2ccnc2)cc1. The van der Waals surface area contributed by atoms with E-state index in [1.807, 2.05) is 22.6 Å². The highest BCUT2D eigenvalue weighted by molar-refractivity contribution is 7.09. The molecule has 0 amide bonds. The molecule has 1 aromatic carbocycles. The Morgan fingerprint density at radius 3 is 2.68 bits per heavy atom. The number of nitrogens with zero attached hydrogens (tertiary/aromatic N) is 4. The van der Waals surface area contributed by atoms with E-state index in [2.05, 4.69) is 53.1 Å². The summed E-state index contributed by atoms with van der Waals surface area (Å²) >= 11 is 1.75. The standard InChI is InChI=1S/C17H20N4S/c1-14-17(22-13-19-14)7-9-20(2)11-15-3-5-16(6-4-15)21-10-8-18-12-21/h3-6,8,10,12-13H,7,9,11H2,1-2H3. The van der Waals surface area contributed by atoms with Gasteiger partial charge in [0.25, 0.3) is 0 Å². The number of rotatable bonds is 6. The zero-order valence-electron chi connectivity index (χ0n) is 12.9. The van der Waals surface area contributed by atoms with Gasteiger partial charge in [-0.2, -0.15) is 0 Å². The first-order valence-corrected chi connectivity index (χ1v) is 8.25. The molecule has 0 aliphatic carbocycles. The molecular weight excluding hydrogens is 292 g/mol. The molecule has 3 rings (SSSR count). The van der Waals surface area contributed by atoms with Gasteiger partial charge in [0.2, 0.25) is 0 Å². The number of likely N-dealkylation sites (N-methyl/N-ethyl adjacent to an activating group) is 1. The highest BCUT2D eigenvalue weighted by atomic mass is 32.1. The van der Waals surface area contributed by atoms with Crippen molar-refractivity contribution in [2.45, 2.75) is 19.9 Å². The Hall–Kier alpha value is -1.98. The summed E-state index contributed by atoms with van der Waals surface area (Å²) in [5.74, 6) is 0. The van der Waals surface area contributed by atoms with Crippen molar-refractivity contribution in [3.8, 4) is 5.69 Å². The summed E-state index contributed by atoms with van der Waals surface area (Å²) in [6.07, 6.45) is 6.64. The molecule has 0 unspecified atom stereocenters. The third-order valence-corrected chi connectivity index (χ3v) is 4.75. The molecule has 0 N–H and O–H groups in total. The Morgan fingerprint density at radius 2 is 2.05 bits per heavy atom. The molecule has 0 spiro atoms.